The third kappa shape index (κ3) is 10.8. The zero-order chi connectivity index (χ0) is 14.7. The summed E-state index contributed by atoms with van der Waals surface area (Å²) in [6, 6.07) is -0.701. The van der Waals surface area contributed by atoms with Gasteiger partial charge in [-0.15, -0.1) is 0 Å². The van der Waals surface area contributed by atoms with Gasteiger partial charge in [0.05, 0.1) is 6.61 Å². The first-order chi connectivity index (χ1) is 8.97. The molecule has 0 saturated carbocycles. The molecule has 19 heavy (non-hydrogen) atoms. The number of rotatable bonds is 11. The standard InChI is InChI=1S/C10H22N3O5P/c1-12-8(10(15)16)4-5-9(14)13-6-2-3-7-18-19(11)17/h8,12,17H,2-7,11H2,1H3,(H,13,14)(H,15,16). The molecule has 0 aliphatic heterocycles. The van der Waals surface area contributed by atoms with Crippen LogP contribution in [0.25, 0.3) is 0 Å². The maximum absolute atomic E-state index is 11.4. The van der Waals surface area contributed by atoms with Crippen LogP contribution in [0.15, 0.2) is 0 Å². The van der Waals surface area contributed by atoms with Crippen molar-refractivity contribution in [2.75, 3.05) is 20.2 Å². The van der Waals surface area contributed by atoms with Crippen molar-refractivity contribution < 1.29 is 24.1 Å². The third-order valence-corrected chi connectivity index (χ3v) is 2.87. The van der Waals surface area contributed by atoms with E-state index in [0.29, 0.717) is 26.0 Å². The SMILES string of the molecule is CNC(CCC(=O)NCCCCOP(N)O)C(=O)O. The van der Waals surface area contributed by atoms with E-state index in [2.05, 4.69) is 10.6 Å². The minimum Gasteiger partial charge on any atom is -0.480 e. The van der Waals surface area contributed by atoms with Crippen LogP contribution in [-0.4, -0.2) is 48.1 Å². The van der Waals surface area contributed by atoms with Crippen molar-refractivity contribution in [1.29, 1.82) is 0 Å². The smallest absolute Gasteiger partial charge is 0.320 e. The highest BCUT2D eigenvalue weighted by molar-refractivity contribution is 7.43. The fourth-order valence-corrected chi connectivity index (χ4v) is 1.68. The molecular formula is C10H22N3O5P. The molecule has 0 saturated heterocycles. The molecule has 112 valence electrons. The monoisotopic (exact) mass is 295 g/mol. The summed E-state index contributed by atoms with van der Waals surface area (Å²) in [6.45, 7) is 0.850. The van der Waals surface area contributed by atoms with E-state index in [4.69, 9.17) is 20.0 Å². The van der Waals surface area contributed by atoms with Crippen molar-refractivity contribution in [2.45, 2.75) is 31.7 Å². The van der Waals surface area contributed by atoms with E-state index >= 15 is 0 Å². The molecule has 0 aromatic carbocycles. The number of nitrogens with one attached hydrogen (secondary N) is 2. The summed E-state index contributed by atoms with van der Waals surface area (Å²) >= 11 is 0. The van der Waals surface area contributed by atoms with Crippen LogP contribution >= 0.6 is 8.53 Å². The van der Waals surface area contributed by atoms with Gasteiger partial charge in [0.2, 0.25) is 14.4 Å². The molecule has 0 heterocycles. The normalized spacial score (nSPS) is 13.8. The summed E-state index contributed by atoms with van der Waals surface area (Å²) in [5, 5.41) is 14.1. The summed E-state index contributed by atoms with van der Waals surface area (Å²) in [4.78, 5) is 30.8. The highest BCUT2D eigenvalue weighted by atomic mass is 31.2. The molecule has 8 nitrogen and oxygen atoms in total. The molecule has 2 atom stereocenters. The number of carbonyl (C=O) groups excluding carboxylic acids is 1. The van der Waals surface area contributed by atoms with Gasteiger partial charge < -0.3 is 25.2 Å². The van der Waals surface area contributed by atoms with Crippen LogP contribution in [0.1, 0.15) is 25.7 Å². The molecule has 0 aromatic heterocycles. The van der Waals surface area contributed by atoms with E-state index in [1.165, 1.54) is 0 Å². The van der Waals surface area contributed by atoms with E-state index in [1.807, 2.05) is 0 Å². The van der Waals surface area contributed by atoms with Gasteiger partial charge in [-0.2, -0.15) is 0 Å². The molecule has 0 aliphatic carbocycles. The molecular weight excluding hydrogens is 273 g/mol. The number of carboxylic acids is 1. The van der Waals surface area contributed by atoms with Gasteiger partial charge in [-0.1, -0.05) is 0 Å². The van der Waals surface area contributed by atoms with Crippen LogP contribution < -0.4 is 16.1 Å². The Labute approximate surface area is 113 Å². The summed E-state index contributed by atoms with van der Waals surface area (Å²) in [7, 11) is -0.259. The maximum Gasteiger partial charge on any atom is 0.320 e. The third-order valence-electron chi connectivity index (χ3n) is 2.42. The Hall–Kier alpha value is -0.790. The molecule has 9 heteroatoms. The predicted molar refractivity (Wildman–Crippen MR) is 71.2 cm³/mol. The van der Waals surface area contributed by atoms with E-state index < -0.39 is 20.5 Å². The predicted octanol–water partition coefficient (Wildman–Crippen LogP) is -0.470. The first kappa shape index (κ1) is 18.2. The van der Waals surface area contributed by atoms with Gasteiger partial charge in [0.25, 0.3) is 0 Å². The average molecular weight is 295 g/mol. The summed E-state index contributed by atoms with van der Waals surface area (Å²) in [5.41, 5.74) is 5.04. The number of amides is 1. The topological polar surface area (TPSA) is 134 Å². The number of nitrogens with two attached hydrogens (primary N) is 1. The number of unbranched alkanes of at least 4 members (excludes halogenated alkanes) is 1. The van der Waals surface area contributed by atoms with Crippen molar-refractivity contribution in [3.8, 4) is 0 Å². The summed E-state index contributed by atoms with van der Waals surface area (Å²) in [5.74, 6) is -1.14. The molecule has 0 radical (unpaired) electrons. The van der Waals surface area contributed by atoms with E-state index in [1.54, 1.807) is 7.05 Å². The van der Waals surface area contributed by atoms with E-state index in [0.717, 1.165) is 0 Å². The zero-order valence-electron chi connectivity index (χ0n) is 11.0. The van der Waals surface area contributed by atoms with Crippen molar-refractivity contribution in [3.63, 3.8) is 0 Å². The number of likely N-dealkylation sites (N-methyl/N-ethyl adjacent to an activating group) is 1. The Balaban J connectivity index is 3.52. The minimum atomic E-state index is -1.81. The van der Waals surface area contributed by atoms with Crippen molar-refractivity contribution in [2.24, 2.45) is 5.50 Å². The van der Waals surface area contributed by atoms with Crippen LogP contribution in [0.4, 0.5) is 0 Å². The number of hydrogen-bond acceptors (Lipinski definition) is 6. The van der Waals surface area contributed by atoms with Crippen molar-refractivity contribution in [1.82, 2.24) is 10.6 Å². The molecule has 0 fully saturated rings. The Kier molecular flexibility index (Phi) is 10.6. The van der Waals surface area contributed by atoms with Crippen molar-refractivity contribution in [3.05, 3.63) is 0 Å². The molecule has 1 amide bonds. The van der Waals surface area contributed by atoms with Crippen LogP contribution in [0.2, 0.25) is 0 Å². The largest absolute Gasteiger partial charge is 0.480 e. The first-order valence-corrected chi connectivity index (χ1v) is 7.29. The molecule has 0 bridgehead atoms. The Morgan fingerprint density at radius 1 is 1.42 bits per heavy atom. The molecule has 0 aromatic rings. The van der Waals surface area contributed by atoms with Crippen LogP contribution in [-0.2, 0) is 14.1 Å². The van der Waals surface area contributed by atoms with Crippen LogP contribution in [0.5, 0.6) is 0 Å². The second-order valence-corrected chi connectivity index (χ2v) is 4.77. The van der Waals surface area contributed by atoms with Gasteiger partial charge in [0, 0.05) is 13.0 Å². The van der Waals surface area contributed by atoms with Crippen molar-refractivity contribution >= 4 is 20.4 Å². The van der Waals surface area contributed by atoms with Gasteiger partial charge in [-0.25, -0.2) is 0 Å². The lowest BCUT2D eigenvalue weighted by molar-refractivity contribution is -0.139. The Bertz CT molecular complexity index is 278. The van der Waals surface area contributed by atoms with Crippen LogP contribution in [0.3, 0.4) is 0 Å². The lowest BCUT2D eigenvalue weighted by Crippen LogP contribution is -2.35. The van der Waals surface area contributed by atoms with E-state index in [9.17, 15) is 9.59 Å². The Morgan fingerprint density at radius 3 is 2.63 bits per heavy atom. The second-order valence-electron chi connectivity index (χ2n) is 3.91. The van der Waals surface area contributed by atoms with Gasteiger partial charge in [-0.05, 0) is 26.3 Å². The number of hydrogen-bond donors (Lipinski definition) is 5. The number of carboxylic acid groups (broad SMARTS) is 1. The quantitative estimate of drug-likeness (QED) is 0.257. The summed E-state index contributed by atoms with van der Waals surface area (Å²) < 4.78 is 4.78. The minimum absolute atomic E-state index is 0.166. The molecule has 0 spiro atoms. The lowest BCUT2D eigenvalue weighted by atomic mass is 10.1. The van der Waals surface area contributed by atoms with Gasteiger partial charge >= 0.3 is 5.97 Å². The molecule has 0 rings (SSSR count). The van der Waals surface area contributed by atoms with Gasteiger partial charge in [-0.3, -0.25) is 15.1 Å². The first-order valence-electron chi connectivity index (χ1n) is 6.00. The average Bonchev–Trinajstić information content (AvgIpc) is 2.33. The van der Waals surface area contributed by atoms with Gasteiger partial charge in [0.15, 0.2) is 0 Å². The fourth-order valence-electron chi connectivity index (χ4n) is 1.37. The highest BCUT2D eigenvalue weighted by Gasteiger charge is 2.15. The van der Waals surface area contributed by atoms with Crippen LogP contribution in [0, 0.1) is 0 Å². The zero-order valence-corrected chi connectivity index (χ0v) is 11.9. The van der Waals surface area contributed by atoms with E-state index in [-0.39, 0.29) is 18.7 Å². The fraction of sp³-hybridized carbons (Fsp3) is 0.800. The maximum atomic E-state index is 11.4. The summed E-state index contributed by atoms with van der Waals surface area (Å²) in [6.07, 6.45) is 1.82. The molecule has 2 unspecified atom stereocenters. The highest BCUT2D eigenvalue weighted by Crippen LogP contribution is 2.19. The number of carbonyl (C=O) groups is 2. The lowest BCUT2D eigenvalue weighted by Gasteiger charge is -2.11. The molecule has 0 aliphatic rings. The Morgan fingerprint density at radius 2 is 2.11 bits per heavy atom. The number of aliphatic carboxylic acids is 1. The molecule has 6 N–H and O–H groups in total. The van der Waals surface area contributed by atoms with Gasteiger partial charge in [0.1, 0.15) is 6.04 Å². The second kappa shape index (κ2) is 11.1.